The quantitative estimate of drug-likeness (QED) is 0.498. The van der Waals surface area contributed by atoms with E-state index in [9.17, 15) is 14.9 Å². The molecule has 0 aliphatic carbocycles. The lowest BCUT2D eigenvalue weighted by Gasteiger charge is -2.20. The van der Waals surface area contributed by atoms with Crippen molar-refractivity contribution in [1.82, 2.24) is 10.2 Å². The van der Waals surface area contributed by atoms with Crippen molar-refractivity contribution in [3.05, 3.63) is 16.3 Å². The molecule has 0 saturated heterocycles. The van der Waals surface area contributed by atoms with Gasteiger partial charge in [0.1, 0.15) is 11.7 Å². The molecule has 0 radical (unpaired) electrons. The van der Waals surface area contributed by atoms with Gasteiger partial charge in [-0.2, -0.15) is 0 Å². The van der Waals surface area contributed by atoms with E-state index in [2.05, 4.69) is 15.5 Å². The molecule has 0 amide bonds. The van der Waals surface area contributed by atoms with Gasteiger partial charge in [0.25, 0.3) is 0 Å². The molecular weight excluding hydrogens is 204 g/mol. The molecule has 1 aromatic rings. The van der Waals surface area contributed by atoms with E-state index in [-0.39, 0.29) is 11.5 Å². The van der Waals surface area contributed by atoms with Gasteiger partial charge in [0, 0.05) is 0 Å². The summed E-state index contributed by atoms with van der Waals surface area (Å²) in [5.41, 5.74) is -1.25. The van der Waals surface area contributed by atoms with Gasteiger partial charge in [-0.25, -0.2) is 4.79 Å². The van der Waals surface area contributed by atoms with Crippen molar-refractivity contribution < 1.29 is 14.8 Å². The highest BCUT2D eigenvalue weighted by molar-refractivity contribution is 5.82. The van der Waals surface area contributed by atoms with Crippen molar-refractivity contribution in [2.45, 2.75) is 19.4 Å². The predicted molar refractivity (Wildman–Crippen MR) is 50.6 cm³/mol. The molecule has 1 rings (SSSR count). The molecule has 0 atom stereocenters. The highest BCUT2D eigenvalue weighted by atomic mass is 16.6. The summed E-state index contributed by atoms with van der Waals surface area (Å²) in [6.45, 7) is 2.79. The second-order valence-electron chi connectivity index (χ2n) is 3.44. The Kier molecular flexibility index (Phi) is 2.60. The molecular formula is C7H10N4O4. The second-order valence-corrected chi connectivity index (χ2v) is 3.44. The second kappa shape index (κ2) is 3.56. The third-order valence-corrected chi connectivity index (χ3v) is 1.78. The number of anilines is 1. The number of aliphatic carboxylic acids is 1. The Balaban J connectivity index is 2.95. The van der Waals surface area contributed by atoms with Crippen LogP contribution in [0.1, 0.15) is 13.8 Å². The van der Waals surface area contributed by atoms with Crippen LogP contribution in [-0.2, 0) is 4.79 Å². The van der Waals surface area contributed by atoms with Crippen molar-refractivity contribution in [2.24, 2.45) is 0 Å². The lowest BCUT2D eigenvalue weighted by molar-refractivity contribution is -0.388. The molecule has 0 bridgehead atoms. The van der Waals surface area contributed by atoms with E-state index in [4.69, 9.17) is 5.11 Å². The zero-order valence-electron chi connectivity index (χ0n) is 8.14. The summed E-state index contributed by atoms with van der Waals surface area (Å²) in [6, 6.07) is 0. The van der Waals surface area contributed by atoms with Crippen LogP contribution in [0.25, 0.3) is 0 Å². The van der Waals surface area contributed by atoms with Gasteiger partial charge >= 0.3 is 11.8 Å². The minimum Gasteiger partial charge on any atom is -0.480 e. The average Bonchev–Trinajstić information content (AvgIpc) is 2.51. The molecule has 3 N–H and O–H groups in total. The van der Waals surface area contributed by atoms with E-state index in [1.54, 1.807) is 0 Å². The fourth-order valence-corrected chi connectivity index (χ4v) is 0.900. The maximum absolute atomic E-state index is 10.8. The SMILES string of the molecule is CC(C)(Nc1cn[nH]c1[N+](=O)[O-])C(=O)O. The standard InChI is InChI=1S/C7H10N4O4/c1-7(2,6(12)13)9-4-3-8-10-5(4)11(14)15/h3,9H,1-2H3,(H,8,10)(H,12,13). The topological polar surface area (TPSA) is 121 Å². The van der Waals surface area contributed by atoms with Crippen LogP contribution >= 0.6 is 0 Å². The average molecular weight is 214 g/mol. The van der Waals surface area contributed by atoms with E-state index in [0.29, 0.717) is 0 Å². The van der Waals surface area contributed by atoms with Crippen LogP contribution < -0.4 is 5.32 Å². The summed E-state index contributed by atoms with van der Waals surface area (Å²) in [5.74, 6) is -1.47. The first-order chi connectivity index (χ1) is 6.84. The lowest BCUT2D eigenvalue weighted by atomic mass is 10.1. The van der Waals surface area contributed by atoms with Crippen LogP contribution in [0.4, 0.5) is 11.5 Å². The van der Waals surface area contributed by atoms with Gasteiger partial charge in [0.05, 0.1) is 0 Å². The van der Waals surface area contributed by atoms with Gasteiger partial charge in [-0.1, -0.05) is 5.10 Å². The molecule has 0 aliphatic rings. The largest absolute Gasteiger partial charge is 0.480 e. The number of carboxylic acid groups (broad SMARTS) is 1. The molecule has 0 unspecified atom stereocenters. The summed E-state index contributed by atoms with van der Waals surface area (Å²) in [4.78, 5) is 20.6. The molecule has 0 spiro atoms. The number of carboxylic acids is 1. The Morgan fingerprint density at radius 3 is 2.80 bits per heavy atom. The van der Waals surface area contributed by atoms with Crippen molar-refractivity contribution in [1.29, 1.82) is 0 Å². The summed E-state index contributed by atoms with van der Waals surface area (Å²) in [5, 5.41) is 27.4. The van der Waals surface area contributed by atoms with Gasteiger partial charge < -0.3 is 20.5 Å². The van der Waals surface area contributed by atoms with Gasteiger partial charge in [-0.3, -0.25) is 0 Å². The van der Waals surface area contributed by atoms with E-state index >= 15 is 0 Å². The molecule has 8 heteroatoms. The molecule has 0 aliphatic heterocycles. The molecule has 1 aromatic heterocycles. The maximum Gasteiger partial charge on any atom is 0.366 e. The Bertz CT molecular complexity index is 397. The van der Waals surface area contributed by atoms with Gasteiger partial charge in [0.15, 0.2) is 5.69 Å². The first-order valence-corrected chi connectivity index (χ1v) is 4.04. The van der Waals surface area contributed by atoms with Gasteiger partial charge in [-0.05, 0) is 18.8 Å². The van der Waals surface area contributed by atoms with E-state index in [1.165, 1.54) is 20.0 Å². The third-order valence-electron chi connectivity index (χ3n) is 1.78. The molecule has 82 valence electrons. The van der Waals surface area contributed by atoms with Crippen LogP contribution in [-0.4, -0.2) is 31.7 Å². The Labute approximate surface area is 84.4 Å². The Morgan fingerprint density at radius 2 is 2.33 bits per heavy atom. The number of nitrogens with zero attached hydrogens (tertiary/aromatic N) is 2. The van der Waals surface area contributed by atoms with Gasteiger partial charge in [0.2, 0.25) is 0 Å². The first kappa shape index (κ1) is 11.0. The van der Waals surface area contributed by atoms with E-state index in [0.717, 1.165) is 0 Å². The van der Waals surface area contributed by atoms with E-state index < -0.39 is 16.4 Å². The monoisotopic (exact) mass is 214 g/mol. The lowest BCUT2D eigenvalue weighted by Crippen LogP contribution is -2.40. The molecule has 15 heavy (non-hydrogen) atoms. The summed E-state index contributed by atoms with van der Waals surface area (Å²) < 4.78 is 0. The summed E-state index contributed by atoms with van der Waals surface area (Å²) in [6.07, 6.45) is 1.17. The van der Waals surface area contributed by atoms with Crippen LogP contribution in [0.5, 0.6) is 0 Å². The number of hydrogen-bond acceptors (Lipinski definition) is 5. The Hall–Kier alpha value is -2.12. The van der Waals surface area contributed by atoms with Crippen molar-refractivity contribution >= 4 is 17.5 Å². The minimum absolute atomic E-state index is 0.0485. The summed E-state index contributed by atoms with van der Waals surface area (Å²) >= 11 is 0. The smallest absolute Gasteiger partial charge is 0.366 e. The number of nitro groups is 1. The highest BCUT2D eigenvalue weighted by Crippen LogP contribution is 2.23. The molecule has 0 saturated carbocycles. The molecule has 0 fully saturated rings. The number of nitrogens with one attached hydrogen (secondary N) is 2. The third kappa shape index (κ3) is 2.22. The maximum atomic E-state index is 10.8. The normalized spacial score (nSPS) is 11.1. The highest BCUT2D eigenvalue weighted by Gasteiger charge is 2.30. The first-order valence-electron chi connectivity index (χ1n) is 4.04. The predicted octanol–water partition coefficient (Wildman–Crippen LogP) is 0.593. The molecule has 8 nitrogen and oxygen atoms in total. The number of aromatic amines is 1. The summed E-state index contributed by atoms with van der Waals surface area (Å²) in [7, 11) is 0. The van der Waals surface area contributed by atoms with Crippen LogP contribution in [0.2, 0.25) is 0 Å². The van der Waals surface area contributed by atoms with Crippen molar-refractivity contribution in [2.75, 3.05) is 5.32 Å². The Morgan fingerprint density at radius 1 is 1.73 bits per heavy atom. The van der Waals surface area contributed by atoms with Gasteiger partial charge in [-0.15, -0.1) is 5.10 Å². The zero-order chi connectivity index (χ0) is 11.6. The number of aromatic nitrogens is 2. The zero-order valence-corrected chi connectivity index (χ0v) is 8.14. The fraction of sp³-hybridized carbons (Fsp3) is 0.429. The van der Waals surface area contributed by atoms with Crippen LogP contribution in [0.3, 0.4) is 0 Å². The fourth-order valence-electron chi connectivity index (χ4n) is 0.900. The van der Waals surface area contributed by atoms with E-state index in [1.807, 2.05) is 0 Å². The number of rotatable bonds is 4. The molecule has 0 aromatic carbocycles. The number of carbonyl (C=O) groups is 1. The minimum atomic E-state index is -1.30. The van der Waals surface area contributed by atoms with Crippen molar-refractivity contribution in [3.63, 3.8) is 0 Å². The number of hydrogen-bond donors (Lipinski definition) is 3. The van der Waals surface area contributed by atoms with Crippen LogP contribution in [0.15, 0.2) is 6.20 Å². The number of H-pyrrole nitrogens is 1. The van der Waals surface area contributed by atoms with Crippen molar-refractivity contribution in [3.8, 4) is 0 Å². The van der Waals surface area contributed by atoms with Crippen LogP contribution in [0, 0.1) is 10.1 Å². The molecule has 1 heterocycles.